The summed E-state index contributed by atoms with van der Waals surface area (Å²) in [7, 11) is 0. The van der Waals surface area contributed by atoms with E-state index in [1.54, 1.807) is 0 Å². The maximum Gasteiger partial charge on any atom is 0.418 e. The van der Waals surface area contributed by atoms with Crippen LogP contribution in [0.25, 0.3) is 0 Å². The normalized spacial score (nSPS) is 11.0. The van der Waals surface area contributed by atoms with Crippen molar-refractivity contribution in [3.8, 4) is 6.07 Å². The van der Waals surface area contributed by atoms with E-state index in [1.165, 1.54) is 28.7 Å². The summed E-state index contributed by atoms with van der Waals surface area (Å²) in [6, 6.07) is 3.46. The van der Waals surface area contributed by atoms with Gasteiger partial charge in [0.2, 0.25) is 0 Å². The molecule has 0 heterocycles. The van der Waals surface area contributed by atoms with Crippen molar-refractivity contribution in [3.05, 3.63) is 32.4 Å². The molecule has 0 aromatic heterocycles. The number of hydrogen-bond donors (Lipinski definition) is 0. The molecule has 0 saturated carbocycles. The molecule has 0 bridgehead atoms. The Balaban J connectivity index is 3.62. The van der Waals surface area contributed by atoms with Crippen LogP contribution in [0.1, 0.15) is 21.5 Å². The molecule has 2 nitrogen and oxygen atoms in total. The largest absolute Gasteiger partial charge is 0.418 e. The van der Waals surface area contributed by atoms with Crippen LogP contribution < -0.4 is 0 Å². The predicted octanol–water partition coefficient (Wildman–Crippen LogP) is 3.56. The Labute approximate surface area is 107 Å². The second-order valence-electron chi connectivity index (χ2n) is 2.73. The fraction of sp³-hybridized carbons (Fsp3) is 0.111. The van der Waals surface area contributed by atoms with E-state index in [2.05, 4.69) is 0 Å². The summed E-state index contributed by atoms with van der Waals surface area (Å²) in [5.41, 5.74) is -1.91. The van der Waals surface area contributed by atoms with Crippen LogP contribution >= 0.6 is 34.2 Å². The highest BCUT2D eigenvalue weighted by Crippen LogP contribution is 2.37. The third-order valence-electron chi connectivity index (χ3n) is 1.76. The summed E-state index contributed by atoms with van der Waals surface area (Å²) >= 11 is 6.49. The first-order chi connectivity index (χ1) is 7.29. The molecule has 1 rings (SSSR count). The van der Waals surface area contributed by atoms with Crippen molar-refractivity contribution in [1.82, 2.24) is 0 Å². The van der Waals surface area contributed by atoms with Gasteiger partial charge in [-0.2, -0.15) is 18.4 Å². The lowest BCUT2D eigenvalue weighted by molar-refractivity contribution is -0.138. The van der Waals surface area contributed by atoms with E-state index in [-0.39, 0.29) is 9.13 Å². The highest BCUT2D eigenvalue weighted by molar-refractivity contribution is 14.1. The molecule has 7 heteroatoms. The van der Waals surface area contributed by atoms with Gasteiger partial charge in [-0.05, 0) is 46.3 Å². The number of rotatable bonds is 1. The smallest absolute Gasteiger partial charge is 0.276 e. The van der Waals surface area contributed by atoms with Gasteiger partial charge in [-0.3, -0.25) is 4.79 Å². The molecule has 0 saturated heterocycles. The fourth-order valence-corrected chi connectivity index (χ4v) is 2.44. The van der Waals surface area contributed by atoms with Crippen LogP contribution in [0, 0.1) is 14.9 Å². The van der Waals surface area contributed by atoms with Gasteiger partial charge in [-0.25, -0.2) is 0 Å². The van der Waals surface area contributed by atoms with Crippen LogP contribution in [0.15, 0.2) is 12.1 Å². The van der Waals surface area contributed by atoms with Gasteiger partial charge in [-0.15, -0.1) is 0 Å². The number of halogens is 5. The van der Waals surface area contributed by atoms with Gasteiger partial charge in [0, 0.05) is 9.13 Å². The van der Waals surface area contributed by atoms with E-state index < -0.39 is 22.5 Å². The summed E-state index contributed by atoms with van der Waals surface area (Å²) in [4.78, 5) is 10.9. The van der Waals surface area contributed by atoms with Crippen LogP contribution in [0.2, 0.25) is 0 Å². The molecule has 0 aliphatic carbocycles. The first-order valence-corrected chi connectivity index (χ1v) is 5.24. The molecule has 0 aliphatic rings. The Kier molecular flexibility index (Phi) is 3.80. The van der Waals surface area contributed by atoms with Gasteiger partial charge < -0.3 is 0 Å². The molecule has 84 valence electrons. The lowest BCUT2D eigenvalue weighted by atomic mass is 10.0. The Morgan fingerprint density at radius 2 is 2.00 bits per heavy atom. The Bertz CT molecular complexity index is 493. The SMILES string of the molecule is N#Cc1ccc(C(=O)Cl)c(I)c1C(F)(F)F. The van der Waals surface area contributed by atoms with Crippen molar-refractivity contribution in [2.75, 3.05) is 0 Å². The Hall–Kier alpha value is -0.810. The van der Waals surface area contributed by atoms with Crippen molar-refractivity contribution >= 4 is 39.4 Å². The number of carbonyl (C=O) groups excluding carboxylic acids is 1. The van der Waals surface area contributed by atoms with Crippen molar-refractivity contribution in [2.45, 2.75) is 6.18 Å². The molecule has 0 aliphatic heterocycles. The van der Waals surface area contributed by atoms with Crippen molar-refractivity contribution in [1.29, 1.82) is 5.26 Å². The van der Waals surface area contributed by atoms with E-state index in [0.29, 0.717) is 0 Å². The maximum absolute atomic E-state index is 12.6. The van der Waals surface area contributed by atoms with E-state index in [9.17, 15) is 18.0 Å². The predicted molar refractivity (Wildman–Crippen MR) is 59.1 cm³/mol. The van der Waals surface area contributed by atoms with Gasteiger partial charge in [0.25, 0.3) is 5.24 Å². The first kappa shape index (κ1) is 13.3. The first-order valence-electron chi connectivity index (χ1n) is 3.78. The third kappa shape index (κ3) is 2.47. The highest BCUT2D eigenvalue weighted by atomic mass is 127. The average Bonchev–Trinajstić information content (AvgIpc) is 2.14. The van der Waals surface area contributed by atoms with Crippen LogP contribution in [0.4, 0.5) is 13.2 Å². The Morgan fingerprint density at radius 3 is 2.38 bits per heavy atom. The average molecular weight is 359 g/mol. The van der Waals surface area contributed by atoms with E-state index in [4.69, 9.17) is 16.9 Å². The van der Waals surface area contributed by atoms with E-state index in [1.807, 2.05) is 0 Å². The zero-order valence-electron chi connectivity index (χ0n) is 7.40. The van der Waals surface area contributed by atoms with E-state index in [0.717, 1.165) is 12.1 Å². The van der Waals surface area contributed by atoms with Crippen LogP contribution in [0.3, 0.4) is 0 Å². The number of alkyl halides is 3. The molecule has 0 unspecified atom stereocenters. The monoisotopic (exact) mass is 359 g/mol. The number of nitrogens with zero attached hydrogens (tertiary/aromatic N) is 1. The second-order valence-corrected chi connectivity index (χ2v) is 4.15. The lowest BCUT2D eigenvalue weighted by Crippen LogP contribution is -2.13. The minimum atomic E-state index is -4.69. The Morgan fingerprint density at radius 1 is 1.44 bits per heavy atom. The molecule has 1 aromatic carbocycles. The van der Waals surface area contributed by atoms with Gasteiger partial charge in [0.15, 0.2) is 0 Å². The minimum Gasteiger partial charge on any atom is -0.276 e. The van der Waals surface area contributed by atoms with Crippen molar-refractivity contribution in [3.63, 3.8) is 0 Å². The summed E-state index contributed by atoms with van der Waals surface area (Å²) in [5, 5.41) is 7.58. The lowest BCUT2D eigenvalue weighted by Gasteiger charge is -2.12. The quantitative estimate of drug-likeness (QED) is 0.568. The highest BCUT2D eigenvalue weighted by Gasteiger charge is 2.37. The summed E-state index contributed by atoms with van der Waals surface area (Å²) in [6.07, 6.45) is -4.69. The van der Waals surface area contributed by atoms with Crippen molar-refractivity contribution < 1.29 is 18.0 Å². The number of hydrogen-bond acceptors (Lipinski definition) is 2. The molecule has 0 N–H and O–H groups in total. The summed E-state index contributed by atoms with van der Waals surface area (Å²) in [6.45, 7) is 0. The molecular weight excluding hydrogens is 357 g/mol. The third-order valence-corrected chi connectivity index (χ3v) is 3.08. The van der Waals surface area contributed by atoms with Crippen LogP contribution in [0.5, 0.6) is 0 Å². The number of benzene rings is 1. The van der Waals surface area contributed by atoms with Gasteiger partial charge in [0.05, 0.1) is 17.2 Å². The number of nitriles is 1. The van der Waals surface area contributed by atoms with E-state index >= 15 is 0 Å². The topological polar surface area (TPSA) is 40.9 Å². The standard InChI is InChI=1S/C9H2ClF3INO/c10-8(16)5-2-1-4(3-15)6(7(5)14)9(11,12)13/h1-2H. The second kappa shape index (κ2) is 4.59. The fourth-order valence-electron chi connectivity index (χ4n) is 1.10. The summed E-state index contributed by atoms with van der Waals surface area (Å²) < 4.78 is 37.5. The van der Waals surface area contributed by atoms with Crippen molar-refractivity contribution in [2.24, 2.45) is 0 Å². The van der Waals surface area contributed by atoms with Gasteiger partial charge in [-0.1, -0.05) is 0 Å². The zero-order valence-corrected chi connectivity index (χ0v) is 10.3. The molecule has 0 atom stereocenters. The molecular formula is C9H2ClF3INO. The van der Waals surface area contributed by atoms with Crippen LogP contribution in [-0.2, 0) is 6.18 Å². The zero-order chi connectivity index (χ0) is 12.5. The van der Waals surface area contributed by atoms with Gasteiger partial charge >= 0.3 is 6.18 Å². The summed E-state index contributed by atoms with van der Waals surface area (Å²) in [5.74, 6) is 0. The van der Waals surface area contributed by atoms with Gasteiger partial charge in [0.1, 0.15) is 0 Å². The maximum atomic E-state index is 12.6. The minimum absolute atomic E-state index is 0.256. The molecule has 0 radical (unpaired) electrons. The number of carbonyl (C=O) groups is 1. The molecule has 1 aromatic rings. The molecule has 0 fully saturated rings. The van der Waals surface area contributed by atoms with Crippen LogP contribution in [-0.4, -0.2) is 5.24 Å². The molecule has 0 spiro atoms. The molecule has 0 amide bonds. The molecule has 16 heavy (non-hydrogen) atoms.